The van der Waals surface area contributed by atoms with Crippen LogP contribution in [0.5, 0.6) is 17.4 Å². The summed E-state index contributed by atoms with van der Waals surface area (Å²) in [6.45, 7) is 0.332. The van der Waals surface area contributed by atoms with Crippen LogP contribution in [0.1, 0.15) is 16.1 Å². The molecule has 5 rings (SSSR count). The van der Waals surface area contributed by atoms with Crippen molar-refractivity contribution in [2.45, 2.75) is 6.54 Å². The van der Waals surface area contributed by atoms with Gasteiger partial charge in [0.25, 0.3) is 5.91 Å². The first-order valence-electron chi connectivity index (χ1n) is 11.5. The predicted octanol–water partition coefficient (Wildman–Crippen LogP) is 4.68. The maximum absolute atomic E-state index is 13.1. The van der Waals surface area contributed by atoms with Crippen LogP contribution in [0.3, 0.4) is 0 Å². The Bertz CT molecular complexity index is 1600. The molecule has 0 saturated carbocycles. The Morgan fingerprint density at radius 1 is 0.973 bits per heavy atom. The third-order valence-electron chi connectivity index (χ3n) is 6.03. The second kappa shape index (κ2) is 9.98. The largest absolute Gasteiger partial charge is 0.507 e. The number of imidazole rings is 1. The van der Waals surface area contributed by atoms with E-state index in [0.717, 1.165) is 22.3 Å². The molecule has 0 spiro atoms. The van der Waals surface area contributed by atoms with E-state index in [1.165, 1.54) is 0 Å². The number of nitrogens with one attached hydrogen (secondary N) is 1. The van der Waals surface area contributed by atoms with E-state index in [1.807, 2.05) is 24.3 Å². The standard InChI is InChI=1S/C28H25N5O4/c1-33(16-19-15-20(36-2)10-12-29-19)28(35)18-6-8-23-24(14-18)32-26(31-23)22-13-17(7-9-25(22)34)21-5-4-11-30-27(21)37-3/h4-15,34H,16H2,1-3H3,(H,31,32). The number of nitrogens with zero attached hydrogens (tertiary/aromatic N) is 4. The van der Waals surface area contributed by atoms with Crippen molar-refractivity contribution in [2.24, 2.45) is 0 Å². The first-order valence-corrected chi connectivity index (χ1v) is 11.5. The molecule has 1 amide bonds. The van der Waals surface area contributed by atoms with E-state index in [1.54, 1.807) is 75.0 Å². The van der Waals surface area contributed by atoms with Crippen molar-refractivity contribution in [1.29, 1.82) is 0 Å². The van der Waals surface area contributed by atoms with Gasteiger partial charge in [0.2, 0.25) is 5.88 Å². The number of H-pyrrole nitrogens is 1. The van der Waals surface area contributed by atoms with Gasteiger partial charge in [-0.25, -0.2) is 9.97 Å². The molecule has 0 aliphatic rings. The number of benzene rings is 2. The van der Waals surface area contributed by atoms with Crippen LogP contribution < -0.4 is 9.47 Å². The molecule has 5 aromatic rings. The first kappa shape index (κ1) is 23.8. The van der Waals surface area contributed by atoms with Crippen LogP contribution in [0.25, 0.3) is 33.5 Å². The molecule has 0 atom stereocenters. The number of carbonyl (C=O) groups excluding carboxylic acids is 1. The minimum atomic E-state index is -0.162. The average molecular weight is 496 g/mol. The van der Waals surface area contributed by atoms with E-state index in [0.29, 0.717) is 40.6 Å². The van der Waals surface area contributed by atoms with Crippen molar-refractivity contribution in [3.05, 3.63) is 84.3 Å². The molecule has 37 heavy (non-hydrogen) atoms. The molecule has 2 N–H and O–H groups in total. The van der Waals surface area contributed by atoms with Gasteiger partial charge in [-0.1, -0.05) is 6.07 Å². The number of phenols is 1. The summed E-state index contributed by atoms with van der Waals surface area (Å²) >= 11 is 0. The zero-order valence-electron chi connectivity index (χ0n) is 20.6. The lowest BCUT2D eigenvalue weighted by Gasteiger charge is -2.17. The van der Waals surface area contributed by atoms with Gasteiger partial charge in [0.1, 0.15) is 17.3 Å². The quantitative estimate of drug-likeness (QED) is 0.337. The molecule has 0 bridgehead atoms. The molecule has 0 radical (unpaired) electrons. The number of aromatic nitrogens is 4. The molecular weight excluding hydrogens is 470 g/mol. The lowest BCUT2D eigenvalue weighted by molar-refractivity contribution is 0.0783. The Morgan fingerprint density at radius 2 is 1.84 bits per heavy atom. The van der Waals surface area contributed by atoms with Crippen LogP contribution in [0, 0.1) is 0 Å². The monoisotopic (exact) mass is 495 g/mol. The minimum absolute atomic E-state index is 0.0764. The van der Waals surface area contributed by atoms with Gasteiger partial charge in [0, 0.05) is 36.6 Å². The highest BCUT2D eigenvalue weighted by Gasteiger charge is 2.17. The fourth-order valence-corrected chi connectivity index (χ4v) is 4.14. The highest BCUT2D eigenvalue weighted by molar-refractivity contribution is 5.97. The minimum Gasteiger partial charge on any atom is -0.507 e. The number of hydrogen-bond acceptors (Lipinski definition) is 7. The summed E-state index contributed by atoms with van der Waals surface area (Å²) < 4.78 is 10.6. The number of pyridine rings is 2. The Balaban J connectivity index is 1.43. The number of carbonyl (C=O) groups is 1. The maximum atomic E-state index is 13.1. The molecular formula is C28H25N5O4. The van der Waals surface area contributed by atoms with Crippen LogP contribution in [-0.2, 0) is 6.54 Å². The molecule has 3 heterocycles. The molecule has 0 aliphatic heterocycles. The Kier molecular flexibility index (Phi) is 6.42. The molecule has 186 valence electrons. The van der Waals surface area contributed by atoms with Crippen molar-refractivity contribution >= 4 is 16.9 Å². The fourth-order valence-electron chi connectivity index (χ4n) is 4.14. The third kappa shape index (κ3) is 4.79. The van der Waals surface area contributed by atoms with Gasteiger partial charge in [0.05, 0.1) is 43.1 Å². The van der Waals surface area contributed by atoms with Crippen molar-refractivity contribution in [2.75, 3.05) is 21.3 Å². The Morgan fingerprint density at radius 3 is 2.65 bits per heavy atom. The second-order valence-electron chi connectivity index (χ2n) is 8.46. The summed E-state index contributed by atoms with van der Waals surface area (Å²) in [5.74, 6) is 1.57. The molecule has 9 nitrogen and oxygen atoms in total. The van der Waals surface area contributed by atoms with Crippen LogP contribution in [-0.4, -0.2) is 57.1 Å². The Hall–Kier alpha value is -4.92. The van der Waals surface area contributed by atoms with E-state index in [2.05, 4.69) is 19.9 Å². The normalized spacial score (nSPS) is 10.9. The molecule has 0 unspecified atom stereocenters. The van der Waals surface area contributed by atoms with E-state index >= 15 is 0 Å². The Labute approximate surface area is 213 Å². The molecule has 2 aromatic carbocycles. The highest BCUT2D eigenvalue weighted by atomic mass is 16.5. The van der Waals surface area contributed by atoms with Gasteiger partial charge in [0.15, 0.2) is 0 Å². The molecule has 0 aliphatic carbocycles. The highest BCUT2D eigenvalue weighted by Crippen LogP contribution is 2.35. The number of rotatable bonds is 7. The molecule has 0 saturated heterocycles. The van der Waals surface area contributed by atoms with E-state index in [4.69, 9.17) is 9.47 Å². The summed E-state index contributed by atoms with van der Waals surface area (Å²) in [5, 5.41) is 10.6. The summed E-state index contributed by atoms with van der Waals surface area (Å²) in [6, 6.07) is 17.8. The third-order valence-corrected chi connectivity index (χ3v) is 6.03. The number of phenolic OH excluding ortho intramolecular Hbond substituents is 1. The van der Waals surface area contributed by atoms with Crippen LogP contribution in [0.15, 0.2) is 73.1 Å². The van der Waals surface area contributed by atoms with E-state index < -0.39 is 0 Å². The van der Waals surface area contributed by atoms with Crippen LogP contribution in [0.2, 0.25) is 0 Å². The predicted molar refractivity (Wildman–Crippen MR) is 140 cm³/mol. The number of aromatic amines is 1. The second-order valence-corrected chi connectivity index (χ2v) is 8.46. The van der Waals surface area contributed by atoms with Crippen molar-refractivity contribution in [3.8, 4) is 39.9 Å². The maximum Gasteiger partial charge on any atom is 0.254 e. The van der Waals surface area contributed by atoms with Crippen molar-refractivity contribution in [3.63, 3.8) is 0 Å². The SMILES string of the molecule is COc1ccnc(CN(C)C(=O)c2ccc3[nH]c(-c4cc(-c5cccnc5OC)ccc4O)nc3c2)c1. The molecule has 3 aromatic heterocycles. The summed E-state index contributed by atoms with van der Waals surface area (Å²) in [5.41, 5.74) is 4.71. The van der Waals surface area contributed by atoms with Crippen molar-refractivity contribution in [1.82, 2.24) is 24.8 Å². The van der Waals surface area contributed by atoms with Gasteiger partial charge in [-0.05, 0) is 54.1 Å². The summed E-state index contributed by atoms with van der Waals surface area (Å²) in [7, 11) is 4.88. The van der Waals surface area contributed by atoms with Gasteiger partial charge < -0.3 is 24.5 Å². The number of ether oxygens (including phenoxy) is 2. The summed E-state index contributed by atoms with van der Waals surface area (Å²) in [6.07, 6.45) is 3.31. The van der Waals surface area contributed by atoms with Crippen LogP contribution in [0.4, 0.5) is 0 Å². The van der Waals surface area contributed by atoms with Gasteiger partial charge in [-0.3, -0.25) is 9.78 Å². The van der Waals surface area contributed by atoms with Gasteiger partial charge >= 0.3 is 0 Å². The molecule has 0 fully saturated rings. The van der Waals surface area contributed by atoms with Gasteiger partial charge in [-0.2, -0.15) is 0 Å². The zero-order chi connectivity index (χ0) is 25.9. The summed E-state index contributed by atoms with van der Waals surface area (Å²) in [4.78, 5) is 31.2. The topological polar surface area (TPSA) is 113 Å². The number of fused-ring (bicyclic) bond motifs is 1. The first-order chi connectivity index (χ1) is 18.0. The van der Waals surface area contributed by atoms with Crippen molar-refractivity contribution < 1.29 is 19.4 Å². The fraction of sp³-hybridized carbons (Fsp3) is 0.143. The smallest absolute Gasteiger partial charge is 0.254 e. The lowest BCUT2D eigenvalue weighted by Crippen LogP contribution is -2.26. The van der Waals surface area contributed by atoms with Crippen LogP contribution >= 0.6 is 0 Å². The number of hydrogen-bond donors (Lipinski definition) is 2. The van der Waals surface area contributed by atoms with Gasteiger partial charge in [-0.15, -0.1) is 0 Å². The molecule has 9 heteroatoms. The average Bonchev–Trinajstić information content (AvgIpc) is 3.36. The zero-order valence-corrected chi connectivity index (χ0v) is 20.6. The van der Waals surface area contributed by atoms with E-state index in [9.17, 15) is 9.90 Å². The number of aromatic hydroxyl groups is 1. The number of methoxy groups -OCH3 is 2. The van der Waals surface area contributed by atoms with E-state index in [-0.39, 0.29) is 11.7 Å². The lowest BCUT2D eigenvalue weighted by atomic mass is 10.0. The number of amides is 1.